The SMILES string of the molecule is CCC(=O)NCCOCCOCCOCCOC(C)C. The molecule has 1 N–H and O–H groups in total. The number of rotatable bonds is 14. The lowest BCUT2D eigenvalue weighted by molar-refractivity contribution is -0.121. The summed E-state index contributed by atoms with van der Waals surface area (Å²) in [6, 6.07) is 0. The Balaban J connectivity index is 3.01. The highest BCUT2D eigenvalue weighted by Gasteiger charge is 1.96. The van der Waals surface area contributed by atoms with Crippen molar-refractivity contribution in [3.63, 3.8) is 0 Å². The number of carbonyl (C=O) groups is 1. The van der Waals surface area contributed by atoms with E-state index in [1.54, 1.807) is 0 Å². The fourth-order valence-corrected chi connectivity index (χ4v) is 1.27. The zero-order chi connectivity index (χ0) is 15.1. The van der Waals surface area contributed by atoms with Gasteiger partial charge in [-0.05, 0) is 13.8 Å². The van der Waals surface area contributed by atoms with Crippen LogP contribution in [-0.2, 0) is 23.7 Å². The largest absolute Gasteiger partial charge is 0.377 e. The second-order valence-electron chi connectivity index (χ2n) is 4.46. The molecule has 0 aromatic carbocycles. The molecule has 0 fully saturated rings. The maximum atomic E-state index is 10.9. The van der Waals surface area contributed by atoms with E-state index >= 15 is 0 Å². The monoisotopic (exact) mass is 291 g/mol. The summed E-state index contributed by atoms with van der Waals surface area (Å²) in [6.07, 6.45) is 0.750. The molecule has 6 heteroatoms. The average Bonchev–Trinajstić information content (AvgIpc) is 2.43. The number of ether oxygens (including phenoxy) is 4. The van der Waals surface area contributed by atoms with Gasteiger partial charge in [0.25, 0.3) is 0 Å². The summed E-state index contributed by atoms with van der Waals surface area (Å²) in [5.74, 6) is 0.0449. The Hall–Kier alpha value is -0.690. The van der Waals surface area contributed by atoms with Crippen molar-refractivity contribution >= 4 is 5.91 Å². The summed E-state index contributed by atoms with van der Waals surface area (Å²) in [5, 5.41) is 2.73. The highest BCUT2D eigenvalue weighted by Crippen LogP contribution is 1.87. The molecule has 0 bridgehead atoms. The first-order valence-corrected chi connectivity index (χ1v) is 7.28. The van der Waals surface area contributed by atoms with Crippen molar-refractivity contribution in [1.29, 1.82) is 0 Å². The average molecular weight is 291 g/mol. The third kappa shape index (κ3) is 15.4. The quantitative estimate of drug-likeness (QED) is 0.483. The van der Waals surface area contributed by atoms with Gasteiger partial charge in [0.15, 0.2) is 0 Å². The Morgan fingerprint density at radius 1 is 0.900 bits per heavy atom. The van der Waals surface area contributed by atoms with E-state index in [4.69, 9.17) is 18.9 Å². The van der Waals surface area contributed by atoms with Gasteiger partial charge >= 0.3 is 0 Å². The summed E-state index contributed by atoms with van der Waals surface area (Å²) < 4.78 is 21.3. The second-order valence-corrected chi connectivity index (χ2v) is 4.46. The van der Waals surface area contributed by atoms with Crippen molar-refractivity contribution in [2.75, 3.05) is 52.8 Å². The summed E-state index contributed by atoms with van der Waals surface area (Å²) in [5.41, 5.74) is 0. The predicted octanol–water partition coefficient (Wildman–Crippen LogP) is 0.987. The minimum Gasteiger partial charge on any atom is -0.377 e. The van der Waals surface area contributed by atoms with Crippen LogP contribution in [0.4, 0.5) is 0 Å². The molecule has 0 aromatic rings. The molecule has 0 radical (unpaired) electrons. The van der Waals surface area contributed by atoms with Crippen LogP contribution in [0.2, 0.25) is 0 Å². The Bertz CT molecular complexity index is 224. The van der Waals surface area contributed by atoms with Crippen LogP contribution < -0.4 is 5.32 Å². The van der Waals surface area contributed by atoms with Gasteiger partial charge in [0, 0.05) is 13.0 Å². The van der Waals surface area contributed by atoms with E-state index in [0.29, 0.717) is 59.2 Å². The van der Waals surface area contributed by atoms with E-state index < -0.39 is 0 Å². The molecule has 0 saturated carbocycles. The van der Waals surface area contributed by atoms with Crippen molar-refractivity contribution in [2.45, 2.75) is 33.3 Å². The normalized spacial score (nSPS) is 11.0. The lowest BCUT2D eigenvalue weighted by atomic mass is 10.4. The van der Waals surface area contributed by atoms with Crippen LogP contribution in [0, 0.1) is 0 Å². The van der Waals surface area contributed by atoms with Crippen molar-refractivity contribution in [3.05, 3.63) is 0 Å². The molecule has 0 saturated heterocycles. The molecule has 0 heterocycles. The van der Waals surface area contributed by atoms with Gasteiger partial charge in [-0.2, -0.15) is 0 Å². The zero-order valence-corrected chi connectivity index (χ0v) is 13.0. The van der Waals surface area contributed by atoms with Crippen molar-refractivity contribution < 1.29 is 23.7 Å². The number of nitrogens with one attached hydrogen (secondary N) is 1. The first kappa shape index (κ1) is 19.3. The summed E-state index contributed by atoms with van der Waals surface area (Å²) in [7, 11) is 0. The Labute approximate surface area is 122 Å². The van der Waals surface area contributed by atoms with E-state index in [9.17, 15) is 4.79 Å². The molecule has 6 nitrogen and oxygen atoms in total. The third-order valence-corrected chi connectivity index (χ3v) is 2.31. The highest BCUT2D eigenvalue weighted by atomic mass is 16.6. The van der Waals surface area contributed by atoms with E-state index in [2.05, 4.69) is 5.32 Å². The molecule has 0 aliphatic rings. The van der Waals surface area contributed by atoms with Crippen LogP contribution in [0.15, 0.2) is 0 Å². The van der Waals surface area contributed by atoms with Crippen molar-refractivity contribution in [2.24, 2.45) is 0 Å². The van der Waals surface area contributed by atoms with Gasteiger partial charge < -0.3 is 24.3 Å². The van der Waals surface area contributed by atoms with Crippen LogP contribution in [0.3, 0.4) is 0 Å². The molecular weight excluding hydrogens is 262 g/mol. The van der Waals surface area contributed by atoms with Crippen molar-refractivity contribution in [3.8, 4) is 0 Å². The summed E-state index contributed by atoms with van der Waals surface area (Å²) in [6.45, 7) is 10.3. The van der Waals surface area contributed by atoms with Gasteiger partial charge in [0.2, 0.25) is 5.91 Å². The van der Waals surface area contributed by atoms with Gasteiger partial charge in [-0.3, -0.25) is 4.79 Å². The summed E-state index contributed by atoms with van der Waals surface area (Å²) >= 11 is 0. The standard InChI is InChI=1S/C14H29NO5/c1-4-14(16)15-5-6-17-7-8-18-9-10-19-11-12-20-13(2)3/h13H,4-12H2,1-3H3,(H,15,16). The molecule has 120 valence electrons. The van der Waals surface area contributed by atoms with Crippen LogP contribution in [0.5, 0.6) is 0 Å². The maximum Gasteiger partial charge on any atom is 0.219 e. The van der Waals surface area contributed by atoms with Crippen LogP contribution in [0.25, 0.3) is 0 Å². The predicted molar refractivity (Wildman–Crippen MR) is 76.8 cm³/mol. The fourth-order valence-electron chi connectivity index (χ4n) is 1.27. The van der Waals surface area contributed by atoms with E-state index in [0.717, 1.165) is 0 Å². The minimum absolute atomic E-state index is 0.0449. The van der Waals surface area contributed by atoms with Crippen LogP contribution in [0.1, 0.15) is 27.2 Å². The number of amides is 1. The van der Waals surface area contributed by atoms with Gasteiger partial charge in [-0.25, -0.2) is 0 Å². The molecule has 0 spiro atoms. The molecule has 0 aliphatic heterocycles. The van der Waals surface area contributed by atoms with Gasteiger partial charge in [0.05, 0.1) is 52.4 Å². The lowest BCUT2D eigenvalue weighted by Crippen LogP contribution is -2.26. The van der Waals surface area contributed by atoms with E-state index in [-0.39, 0.29) is 12.0 Å². The van der Waals surface area contributed by atoms with Crippen molar-refractivity contribution in [1.82, 2.24) is 5.32 Å². The molecule has 1 amide bonds. The topological polar surface area (TPSA) is 66.0 Å². The zero-order valence-electron chi connectivity index (χ0n) is 13.0. The fraction of sp³-hybridized carbons (Fsp3) is 0.929. The number of hydrogen-bond donors (Lipinski definition) is 1. The molecule has 0 rings (SSSR count). The Morgan fingerprint density at radius 2 is 1.40 bits per heavy atom. The Morgan fingerprint density at radius 3 is 1.90 bits per heavy atom. The molecule has 0 aromatic heterocycles. The second kappa shape index (κ2) is 14.7. The smallest absolute Gasteiger partial charge is 0.219 e. The van der Waals surface area contributed by atoms with E-state index in [1.165, 1.54) is 0 Å². The highest BCUT2D eigenvalue weighted by molar-refractivity contribution is 5.75. The molecule has 0 unspecified atom stereocenters. The van der Waals surface area contributed by atoms with Crippen LogP contribution >= 0.6 is 0 Å². The Kier molecular flexibility index (Phi) is 14.2. The molecule has 0 atom stereocenters. The number of hydrogen-bond acceptors (Lipinski definition) is 5. The molecule has 20 heavy (non-hydrogen) atoms. The lowest BCUT2D eigenvalue weighted by Gasteiger charge is -2.09. The third-order valence-electron chi connectivity index (χ3n) is 2.31. The van der Waals surface area contributed by atoms with E-state index in [1.807, 2.05) is 20.8 Å². The van der Waals surface area contributed by atoms with Gasteiger partial charge in [0.1, 0.15) is 0 Å². The van der Waals surface area contributed by atoms with Gasteiger partial charge in [-0.1, -0.05) is 6.92 Å². The minimum atomic E-state index is 0.0449. The maximum absolute atomic E-state index is 10.9. The van der Waals surface area contributed by atoms with Gasteiger partial charge in [-0.15, -0.1) is 0 Å². The van der Waals surface area contributed by atoms with Crippen LogP contribution in [-0.4, -0.2) is 64.8 Å². The first-order chi connectivity index (χ1) is 9.66. The molecular formula is C14H29NO5. The summed E-state index contributed by atoms with van der Waals surface area (Å²) in [4.78, 5) is 10.9. The number of carbonyl (C=O) groups excluding carboxylic acids is 1. The molecule has 0 aliphatic carbocycles. The first-order valence-electron chi connectivity index (χ1n) is 7.28.